The number of ether oxygens (including phenoxy) is 1. The van der Waals surface area contributed by atoms with E-state index in [1.807, 2.05) is 43.3 Å². The number of carbonyl (C=O) groups is 10. The standard InChI is InChI=1S/C48H70N10O13/c1-25(2)40-45(66)56-36(47(69)70)24-38(60)53-34(16-13-21-51-48(49)50)44(65)54-33(18-17-26(3)22-27(4)37(71-31(8)59)23-32-14-11-10-12-15-32)28(5)41(62)55-35(46(67)68)19-20-39(61)58(9)30(7)43(64)52-29(6)42(63)57-40/h10-12,14-15,17-18,22,25,27-29,33-37,40H,7,13,16,19-21,23-24H2,1-6,8-9H3,(H,52,64)(H,53,60)(H,54,65)(H,55,62)(H,56,66)(H,57,63)(H,67,68)(H,69,70)(H4,49,50,51)/b18-17+,26-22+/t27-,28-,29+,33-,34-,35+,36+,37-,40-/m0/s1. The number of amides is 7. The zero-order valence-corrected chi connectivity index (χ0v) is 41.5. The van der Waals surface area contributed by atoms with Crippen molar-refractivity contribution in [2.45, 2.75) is 129 Å². The number of esters is 1. The molecular weight excluding hydrogens is 925 g/mol. The Bertz CT molecular complexity index is 2210. The van der Waals surface area contributed by atoms with Crippen LogP contribution in [0.2, 0.25) is 0 Å². The number of nitrogens with one attached hydrogen (secondary N) is 6. The highest BCUT2D eigenvalue weighted by atomic mass is 16.5. The zero-order valence-electron chi connectivity index (χ0n) is 41.5. The van der Waals surface area contributed by atoms with Gasteiger partial charge in [-0.25, -0.2) is 9.59 Å². The first-order valence-electron chi connectivity index (χ1n) is 23.1. The first-order valence-corrected chi connectivity index (χ1v) is 23.1. The molecule has 2 rings (SSSR count). The summed E-state index contributed by atoms with van der Waals surface area (Å²) in [5.74, 6) is -12.5. The normalized spacial score (nSPS) is 24.2. The van der Waals surface area contributed by atoms with Crippen molar-refractivity contribution in [1.82, 2.24) is 36.8 Å². The molecule has 0 saturated carbocycles. The number of carbonyl (C=O) groups excluding carboxylic acids is 8. The van der Waals surface area contributed by atoms with Crippen LogP contribution >= 0.6 is 0 Å². The number of guanidine groups is 1. The van der Waals surface area contributed by atoms with Crippen molar-refractivity contribution in [2.24, 2.45) is 34.2 Å². The third-order valence-electron chi connectivity index (χ3n) is 11.4. The lowest BCUT2D eigenvalue weighted by atomic mass is 9.94. The first kappa shape index (κ1) is 59.5. The molecule has 23 nitrogen and oxygen atoms in total. The van der Waals surface area contributed by atoms with Gasteiger partial charge in [-0.05, 0) is 44.6 Å². The van der Waals surface area contributed by atoms with Crippen molar-refractivity contribution in [1.29, 1.82) is 0 Å². The Morgan fingerprint density at radius 2 is 1.48 bits per heavy atom. The predicted octanol–water partition coefficient (Wildman–Crippen LogP) is -0.101. The second kappa shape index (κ2) is 28.8. The number of hydrogen-bond acceptors (Lipinski definition) is 12. The molecule has 0 aromatic heterocycles. The van der Waals surface area contributed by atoms with E-state index in [0.717, 1.165) is 10.5 Å². The molecule has 1 aromatic rings. The minimum Gasteiger partial charge on any atom is -0.480 e. The summed E-state index contributed by atoms with van der Waals surface area (Å²) in [6.45, 7) is 14.3. The number of aliphatic carboxylic acids is 2. The summed E-state index contributed by atoms with van der Waals surface area (Å²) in [7, 11) is 1.19. The molecule has 0 spiro atoms. The molecule has 12 N–H and O–H groups in total. The molecule has 7 amide bonds. The summed E-state index contributed by atoms with van der Waals surface area (Å²) in [6.07, 6.45) is 2.82. The maximum atomic E-state index is 14.3. The second-order valence-corrected chi connectivity index (χ2v) is 17.7. The van der Waals surface area contributed by atoms with E-state index in [0.29, 0.717) is 12.0 Å². The van der Waals surface area contributed by atoms with Crippen LogP contribution in [-0.4, -0.2) is 136 Å². The molecule has 1 fully saturated rings. The van der Waals surface area contributed by atoms with E-state index in [-0.39, 0.29) is 31.3 Å². The van der Waals surface area contributed by atoms with Gasteiger partial charge < -0.3 is 63.2 Å². The number of nitrogens with zero attached hydrogens (tertiary/aromatic N) is 2. The highest BCUT2D eigenvalue weighted by Gasteiger charge is 2.35. The monoisotopic (exact) mass is 995 g/mol. The van der Waals surface area contributed by atoms with Crippen LogP contribution in [0.4, 0.5) is 0 Å². The van der Waals surface area contributed by atoms with Crippen molar-refractivity contribution in [3.63, 3.8) is 0 Å². The van der Waals surface area contributed by atoms with Crippen molar-refractivity contribution in [3.8, 4) is 0 Å². The molecule has 23 heteroatoms. The maximum absolute atomic E-state index is 14.3. The van der Waals surface area contributed by atoms with E-state index >= 15 is 0 Å². The minimum absolute atomic E-state index is 0.00626. The molecule has 1 aromatic carbocycles. The van der Waals surface area contributed by atoms with Crippen LogP contribution < -0.4 is 43.4 Å². The third-order valence-corrected chi connectivity index (χ3v) is 11.4. The molecule has 390 valence electrons. The number of nitrogens with two attached hydrogens (primary N) is 2. The van der Waals surface area contributed by atoms with E-state index in [1.54, 1.807) is 26.8 Å². The average Bonchev–Trinajstić information content (AvgIpc) is 3.29. The topological polar surface area (TPSA) is 360 Å². The van der Waals surface area contributed by atoms with Gasteiger partial charge in [0.1, 0.15) is 42.0 Å². The van der Waals surface area contributed by atoms with Crippen molar-refractivity contribution in [2.75, 3.05) is 13.6 Å². The Morgan fingerprint density at radius 3 is 2.06 bits per heavy atom. The number of carboxylic acids is 2. The molecule has 0 unspecified atom stereocenters. The van der Waals surface area contributed by atoms with Crippen LogP contribution in [0.5, 0.6) is 0 Å². The predicted molar refractivity (Wildman–Crippen MR) is 260 cm³/mol. The maximum Gasteiger partial charge on any atom is 0.326 e. The molecule has 1 aliphatic rings. The lowest BCUT2D eigenvalue weighted by Crippen LogP contribution is -2.58. The highest BCUT2D eigenvalue weighted by Crippen LogP contribution is 2.19. The fourth-order valence-corrected chi connectivity index (χ4v) is 7.13. The Morgan fingerprint density at radius 1 is 0.859 bits per heavy atom. The van der Waals surface area contributed by atoms with Gasteiger partial charge in [-0.2, -0.15) is 0 Å². The van der Waals surface area contributed by atoms with Crippen LogP contribution in [-0.2, 0) is 59.1 Å². The third kappa shape index (κ3) is 20.5. The molecule has 9 atom stereocenters. The lowest BCUT2D eigenvalue weighted by molar-refractivity contribution is -0.148. The fourth-order valence-electron chi connectivity index (χ4n) is 7.13. The van der Waals surface area contributed by atoms with Gasteiger partial charge in [-0.1, -0.05) is 88.4 Å². The quantitative estimate of drug-likeness (QED) is 0.0291. The summed E-state index contributed by atoms with van der Waals surface area (Å²) >= 11 is 0. The van der Waals surface area contributed by atoms with Gasteiger partial charge in [0, 0.05) is 39.3 Å². The van der Waals surface area contributed by atoms with Crippen LogP contribution in [0.3, 0.4) is 0 Å². The molecule has 0 aliphatic carbocycles. The van der Waals surface area contributed by atoms with Crippen LogP contribution in [0.25, 0.3) is 0 Å². The number of allylic oxidation sites excluding steroid dienone is 2. The summed E-state index contributed by atoms with van der Waals surface area (Å²) < 4.78 is 5.66. The van der Waals surface area contributed by atoms with Crippen molar-refractivity contribution >= 4 is 65.2 Å². The number of hydrogen-bond donors (Lipinski definition) is 10. The SMILES string of the molecule is C=C1C(=O)N[C@H](C)C(=O)N[C@@H](C(C)C)C(=O)N[C@@H](C(=O)O)CC(=O)N[C@@H](CCCN=C(N)N)C(=O)N[C@@H](/C=C/C(C)=C/[C@H](C)[C@H](Cc2ccccc2)OC(C)=O)[C@H](C)C(=O)N[C@@H](C(=O)O)CCC(=O)N1C. The summed E-state index contributed by atoms with van der Waals surface area (Å²) in [5.41, 5.74) is 12.1. The minimum atomic E-state index is -1.87. The Labute approximate surface area is 413 Å². The van der Waals surface area contributed by atoms with Gasteiger partial charge in [-0.15, -0.1) is 0 Å². The summed E-state index contributed by atoms with van der Waals surface area (Å²) in [4.78, 5) is 137. The second-order valence-electron chi connectivity index (χ2n) is 17.7. The van der Waals surface area contributed by atoms with E-state index in [2.05, 4.69) is 43.5 Å². The molecule has 0 radical (unpaired) electrons. The van der Waals surface area contributed by atoms with E-state index in [4.69, 9.17) is 16.2 Å². The number of benzene rings is 1. The number of rotatable bonds is 14. The van der Waals surface area contributed by atoms with Gasteiger partial charge in [-0.3, -0.25) is 43.3 Å². The molecule has 1 aliphatic heterocycles. The molecule has 71 heavy (non-hydrogen) atoms. The Balaban J connectivity index is 2.71. The largest absolute Gasteiger partial charge is 0.480 e. The summed E-state index contributed by atoms with van der Waals surface area (Å²) in [5, 5.41) is 34.9. The molecular formula is C48H70N10O13. The fraction of sp³-hybridized carbons (Fsp3) is 0.521. The van der Waals surface area contributed by atoms with Gasteiger partial charge in [0.2, 0.25) is 35.4 Å². The zero-order chi connectivity index (χ0) is 53.7. The Hall–Kier alpha value is -7.59. The number of aliphatic imine (C=N–C) groups is 1. The van der Waals surface area contributed by atoms with E-state index < -0.39 is 138 Å². The van der Waals surface area contributed by atoms with Gasteiger partial charge in [0.15, 0.2) is 5.96 Å². The molecule has 0 bridgehead atoms. The smallest absolute Gasteiger partial charge is 0.326 e. The number of carboxylic acid groups (broad SMARTS) is 2. The van der Waals surface area contributed by atoms with Gasteiger partial charge >= 0.3 is 17.9 Å². The lowest BCUT2D eigenvalue weighted by Gasteiger charge is -2.27. The first-order chi connectivity index (χ1) is 33.2. The molecule has 1 heterocycles. The molecule has 1 saturated heterocycles. The average molecular weight is 995 g/mol. The highest BCUT2D eigenvalue weighted by molar-refractivity contribution is 6.00. The van der Waals surface area contributed by atoms with Crippen molar-refractivity contribution in [3.05, 3.63) is 72.0 Å². The Kier molecular flexibility index (Phi) is 24.1. The van der Waals surface area contributed by atoms with Gasteiger partial charge in [0.05, 0.1) is 18.4 Å². The van der Waals surface area contributed by atoms with Crippen molar-refractivity contribution < 1.29 is 62.9 Å². The van der Waals surface area contributed by atoms with Crippen LogP contribution in [0.15, 0.2) is 71.4 Å². The summed E-state index contributed by atoms with van der Waals surface area (Å²) in [6, 6.07) is 0.480. The van der Waals surface area contributed by atoms with Crippen LogP contribution in [0.1, 0.15) is 86.1 Å². The van der Waals surface area contributed by atoms with E-state index in [1.165, 1.54) is 33.9 Å². The van der Waals surface area contributed by atoms with Gasteiger partial charge in [0.25, 0.3) is 5.91 Å². The van der Waals surface area contributed by atoms with Crippen LogP contribution in [0, 0.1) is 17.8 Å². The van der Waals surface area contributed by atoms with E-state index in [9.17, 15) is 58.2 Å². The number of likely N-dealkylation sites (N-methyl/N-ethyl adjacent to an activating group) is 1.